The topological polar surface area (TPSA) is 130 Å². The lowest BCUT2D eigenvalue weighted by molar-refractivity contribution is -0.120. The largest absolute Gasteiger partial charge is 0.359 e. The van der Waals surface area contributed by atoms with Gasteiger partial charge in [0.05, 0.1) is 18.0 Å². The molecule has 0 bridgehead atoms. The average molecular weight is 579 g/mol. The number of likely N-dealkylation sites (tertiary alicyclic amines) is 1. The van der Waals surface area contributed by atoms with Crippen LogP contribution in [0.2, 0.25) is 0 Å². The third-order valence-corrected chi connectivity index (χ3v) is 8.43. The number of halogens is 2. The van der Waals surface area contributed by atoms with E-state index in [1.165, 1.54) is 6.07 Å². The van der Waals surface area contributed by atoms with Gasteiger partial charge in [0.1, 0.15) is 5.82 Å². The number of piperidine rings is 1. The lowest BCUT2D eigenvalue weighted by Gasteiger charge is -2.33. The number of rotatable bonds is 5. The first kappa shape index (κ1) is 27.6. The molecule has 4 aromatic rings. The number of pyridine rings is 1. The molecular formula is C29H32F2N8O3. The van der Waals surface area contributed by atoms with E-state index in [2.05, 4.69) is 25.6 Å². The van der Waals surface area contributed by atoms with Crippen LogP contribution >= 0.6 is 0 Å². The first-order chi connectivity index (χ1) is 20.3. The van der Waals surface area contributed by atoms with Gasteiger partial charge in [-0.3, -0.25) is 14.3 Å². The molecule has 0 aliphatic carbocycles. The van der Waals surface area contributed by atoms with E-state index >= 15 is 0 Å². The predicted octanol–water partition coefficient (Wildman–Crippen LogP) is 3.15. The number of likely N-dealkylation sites (N-methyl/N-ethyl adjacent to an activating group) is 1. The molecule has 0 saturated carbocycles. The zero-order chi connectivity index (χ0) is 29.4. The van der Waals surface area contributed by atoms with Gasteiger partial charge in [0.15, 0.2) is 17.3 Å². The minimum absolute atomic E-state index is 0.0644. The van der Waals surface area contributed by atoms with Gasteiger partial charge in [0.2, 0.25) is 5.91 Å². The molecule has 3 aromatic heterocycles. The lowest BCUT2D eigenvalue weighted by Crippen LogP contribution is -2.46. The summed E-state index contributed by atoms with van der Waals surface area (Å²) in [6.45, 7) is 1.21. The number of nitrogens with one attached hydrogen (secondary N) is 3. The van der Waals surface area contributed by atoms with Gasteiger partial charge in [-0.1, -0.05) is 12.1 Å². The number of urea groups is 1. The Labute approximate surface area is 239 Å². The van der Waals surface area contributed by atoms with Gasteiger partial charge in [-0.05, 0) is 49.4 Å². The van der Waals surface area contributed by atoms with Crippen LogP contribution in [0.5, 0.6) is 0 Å². The zero-order valence-corrected chi connectivity index (χ0v) is 23.1. The lowest BCUT2D eigenvalue weighted by atomic mass is 9.92. The van der Waals surface area contributed by atoms with Crippen molar-refractivity contribution < 1.29 is 18.4 Å². The maximum Gasteiger partial charge on any atom is 0.327 e. The van der Waals surface area contributed by atoms with Crippen molar-refractivity contribution in [2.24, 2.45) is 0 Å². The third-order valence-electron chi connectivity index (χ3n) is 8.43. The molecule has 13 heteroatoms. The van der Waals surface area contributed by atoms with E-state index in [0.29, 0.717) is 62.5 Å². The average Bonchev–Trinajstić information content (AvgIpc) is 3.49. The number of imidazole rings is 2. The Morgan fingerprint density at radius 2 is 1.88 bits per heavy atom. The number of benzene rings is 1. The van der Waals surface area contributed by atoms with Crippen molar-refractivity contribution in [1.82, 2.24) is 39.6 Å². The zero-order valence-electron chi connectivity index (χ0n) is 23.1. The van der Waals surface area contributed by atoms with Crippen molar-refractivity contribution in [2.45, 2.75) is 56.7 Å². The van der Waals surface area contributed by atoms with Crippen LogP contribution in [0.15, 0.2) is 47.5 Å². The maximum absolute atomic E-state index is 14.8. The summed E-state index contributed by atoms with van der Waals surface area (Å²) < 4.78 is 32.5. The second-order valence-electron chi connectivity index (χ2n) is 10.9. The highest BCUT2D eigenvalue weighted by Gasteiger charge is 2.33. The van der Waals surface area contributed by atoms with Crippen LogP contribution in [-0.2, 0) is 17.8 Å². The fraction of sp³-hybridized carbons (Fsp3) is 0.414. The van der Waals surface area contributed by atoms with Gasteiger partial charge in [0, 0.05) is 56.7 Å². The molecule has 0 radical (unpaired) electrons. The molecule has 1 saturated heterocycles. The smallest absolute Gasteiger partial charge is 0.327 e. The monoisotopic (exact) mass is 578 g/mol. The van der Waals surface area contributed by atoms with E-state index in [1.54, 1.807) is 41.0 Å². The number of aromatic amines is 1. The number of carbonyl (C=O) groups excluding carboxylic acids is 2. The van der Waals surface area contributed by atoms with Gasteiger partial charge < -0.3 is 20.1 Å². The van der Waals surface area contributed by atoms with Gasteiger partial charge in [-0.15, -0.1) is 0 Å². The minimum atomic E-state index is -0.910. The van der Waals surface area contributed by atoms with Crippen LogP contribution in [0.4, 0.5) is 13.6 Å². The summed E-state index contributed by atoms with van der Waals surface area (Å²) in [5.74, 6) is -1.79. The first-order valence-corrected chi connectivity index (χ1v) is 14.1. The van der Waals surface area contributed by atoms with E-state index < -0.39 is 17.7 Å². The number of fused-ring (bicyclic) bond motifs is 2. The first-order valence-electron chi connectivity index (χ1n) is 14.1. The highest BCUT2D eigenvalue weighted by Crippen LogP contribution is 2.35. The molecule has 1 aromatic carbocycles. The van der Waals surface area contributed by atoms with Crippen molar-refractivity contribution in [3.05, 3.63) is 81.9 Å². The molecule has 3 N–H and O–H groups in total. The number of H-pyrrole nitrogens is 1. The number of carbonyl (C=O) groups is 2. The Bertz CT molecular complexity index is 1690. The molecule has 42 heavy (non-hydrogen) atoms. The number of amides is 3. The third kappa shape index (κ3) is 5.14. The Kier molecular flexibility index (Phi) is 7.48. The molecule has 0 unspecified atom stereocenters. The fourth-order valence-corrected chi connectivity index (χ4v) is 6.23. The molecule has 220 valence electrons. The summed E-state index contributed by atoms with van der Waals surface area (Å²) >= 11 is 0. The normalized spacial score (nSPS) is 19.4. The summed E-state index contributed by atoms with van der Waals surface area (Å²) in [5, 5.41) is 5.71. The van der Waals surface area contributed by atoms with Gasteiger partial charge in [-0.2, -0.15) is 0 Å². The minimum Gasteiger partial charge on any atom is -0.359 e. The number of hydrogen-bond acceptors (Lipinski definition) is 5. The molecule has 0 spiro atoms. The number of nitrogens with zero attached hydrogens (tertiary/aromatic N) is 5. The van der Waals surface area contributed by atoms with E-state index in [1.807, 2.05) is 10.6 Å². The van der Waals surface area contributed by atoms with Gasteiger partial charge >= 0.3 is 11.7 Å². The van der Waals surface area contributed by atoms with Crippen LogP contribution in [0.25, 0.3) is 11.2 Å². The van der Waals surface area contributed by atoms with Crippen LogP contribution in [0.1, 0.15) is 60.8 Å². The highest BCUT2D eigenvalue weighted by atomic mass is 19.2. The molecule has 2 aliphatic heterocycles. The summed E-state index contributed by atoms with van der Waals surface area (Å²) in [7, 11) is 1.55. The van der Waals surface area contributed by atoms with Crippen molar-refractivity contribution >= 4 is 23.1 Å². The van der Waals surface area contributed by atoms with E-state index in [4.69, 9.17) is 0 Å². The molecule has 3 amide bonds. The Morgan fingerprint density at radius 3 is 2.67 bits per heavy atom. The van der Waals surface area contributed by atoms with Gasteiger partial charge in [0.25, 0.3) is 0 Å². The Hall–Kier alpha value is -4.55. The molecular weight excluding hydrogens is 546 g/mol. The maximum atomic E-state index is 14.8. The molecule has 1 fully saturated rings. The van der Waals surface area contributed by atoms with Crippen LogP contribution in [0.3, 0.4) is 0 Å². The quantitative estimate of drug-likeness (QED) is 0.335. The Morgan fingerprint density at radius 1 is 1.07 bits per heavy atom. The second-order valence-corrected chi connectivity index (χ2v) is 10.9. The van der Waals surface area contributed by atoms with Crippen LogP contribution in [-0.4, -0.2) is 61.1 Å². The van der Waals surface area contributed by atoms with Gasteiger partial charge in [-0.25, -0.2) is 28.3 Å². The van der Waals surface area contributed by atoms with Crippen LogP contribution < -0.4 is 16.3 Å². The Balaban J connectivity index is 1.19. The predicted molar refractivity (Wildman–Crippen MR) is 150 cm³/mol. The molecule has 2 aliphatic rings. The van der Waals surface area contributed by atoms with E-state index in [9.17, 15) is 23.2 Å². The number of hydrogen-bond donors (Lipinski definition) is 3. The molecule has 6 rings (SSSR count). The summed E-state index contributed by atoms with van der Waals surface area (Å²) in [5.41, 5.74) is 1.96. The molecule has 11 nitrogen and oxygen atoms in total. The summed E-state index contributed by atoms with van der Waals surface area (Å²) in [4.78, 5) is 51.6. The summed E-state index contributed by atoms with van der Waals surface area (Å²) in [6, 6.07) is 6.99. The number of aromatic nitrogens is 5. The second kappa shape index (κ2) is 11.4. The van der Waals surface area contributed by atoms with E-state index in [0.717, 1.165) is 11.6 Å². The van der Waals surface area contributed by atoms with Crippen LogP contribution in [0, 0.1) is 11.6 Å². The summed E-state index contributed by atoms with van der Waals surface area (Å²) in [6.07, 6.45) is 5.45. The standard InChI is InChI=1S/C29H32F2N8O3/c1-32-24(40)14-19-15-34-27-22(8-7-17(16-38(19)27)20-4-2-5-21(30)25(20)31)35-28(41)37-12-9-18(10-13-37)39-23-6-3-11-33-26(23)36-29(39)42/h2-6,11,15,17-18,22H,7-10,12-14,16H2,1H3,(H,32,40)(H,35,41)(H,33,36,42)/t17-,22-/m1/s1. The van der Waals surface area contributed by atoms with E-state index in [-0.39, 0.29) is 41.6 Å². The van der Waals surface area contributed by atoms with Crippen molar-refractivity contribution in [3.63, 3.8) is 0 Å². The van der Waals surface area contributed by atoms with Crippen molar-refractivity contribution in [2.75, 3.05) is 20.1 Å². The van der Waals surface area contributed by atoms with Crippen molar-refractivity contribution in [3.8, 4) is 0 Å². The molecule has 2 atom stereocenters. The fourth-order valence-electron chi connectivity index (χ4n) is 6.23. The van der Waals surface area contributed by atoms with Crippen molar-refractivity contribution in [1.29, 1.82) is 0 Å². The molecule has 5 heterocycles. The highest BCUT2D eigenvalue weighted by molar-refractivity contribution is 5.78. The SMILES string of the molecule is CNC(=O)Cc1cnc2n1C[C@H](c1cccc(F)c1F)CC[C@H]2NC(=O)N1CCC(n2c(=O)[nH]c3ncccc32)CC1.